The number of halogens is 3. The Kier molecular flexibility index (Phi) is 3.13. The molecule has 1 aromatic carbocycles. The van der Waals surface area contributed by atoms with Crippen molar-refractivity contribution in [1.29, 1.82) is 0 Å². The van der Waals surface area contributed by atoms with E-state index >= 15 is 0 Å². The average Bonchev–Trinajstić information content (AvgIpc) is 1.97. The van der Waals surface area contributed by atoms with Crippen molar-refractivity contribution in [3.8, 4) is 0 Å². The van der Waals surface area contributed by atoms with Gasteiger partial charge in [0.25, 0.3) is 0 Å². The second kappa shape index (κ2) is 3.75. The van der Waals surface area contributed by atoms with E-state index in [1.165, 1.54) is 6.07 Å². The first kappa shape index (κ1) is 10.0. The van der Waals surface area contributed by atoms with Crippen molar-refractivity contribution in [2.24, 2.45) is 0 Å². The molecule has 0 amide bonds. The Balaban J connectivity index is 3.33. The highest BCUT2D eigenvalue weighted by atomic mass is 79.9. The highest BCUT2D eigenvalue weighted by Gasteiger charge is 2.12. The summed E-state index contributed by atoms with van der Waals surface area (Å²) in [4.78, 5) is -0.00352. The number of alkyl halides is 1. The Morgan fingerprint density at radius 2 is 2.08 bits per heavy atom. The molecule has 0 spiro atoms. The van der Waals surface area contributed by atoms with Crippen molar-refractivity contribution in [3.63, 3.8) is 0 Å². The fraction of sp³-hybridized carbons (Fsp3) is 0.333. The average molecular weight is 252 g/mol. The maximum atomic E-state index is 13.2. The van der Waals surface area contributed by atoms with E-state index in [9.17, 15) is 4.39 Å². The molecule has 0 aromatic heterocycles. The van der Waals surface area contributed by atoms with Crippen LogP contribution in [-0.2, 0) is 0 Å². The maximum absolute atomic E-state index is 13.2. The van der Waals surface area contributed by atoms with Gasteiger partial charge >= 0.3 is 0 Å². The molecular weight excluding hydrogens is 242 g/mol. The van der Waals surface area contributed by atoms with Crippen LogP contribution in [0.5, 0.6) is 0 Å². The minimum atomic E-state index is -0.207. The zero-order valence-corrected chi connectivity index (χ0v) is 9.21. The maximum Gasteiger partial charge on any atom is 0.127 e. The zero-order chi connectivity index (χ0) is 9.30. The Hall–Kier alpha value is -0.0800. The summed E-state index contributed by atoms with van der Waals surface area (Å²) in [5.41, 5.74) is 1.45. The molecule has 0 heterocycles. The third-order valence-electron chi connectivity index (χ3n) is 1.79. The van der Waals surface area contributed by atoms with Crippen LogP contribution in [0.4, 0.5) is 4.39 Å². The second-order valence-electron chi connectivity index (χ2n) is 2.68. The molecule has 0 aliphatic carbocycles. The molecule has 0 saturated carbocycles. The molecule has 0 nitrogen and oxygen atoms in total. The monoisotopic (exact) mass is 250 g/mol. The molecule has 0 aliphatic rings. The van der Waals surface area contributed by atoms with Crippen LogP contribution >= 0.6 is 27.5 Å². The Bertz CT molecular complexity index is 297. The van der Waals surface area contributed by atoms with Gasteiger partial charge in [0.15, 0.2) is 0 Å². The van der Waals surface area contributed by atoms with Gasteiger partial charge in [-0.2, -0.15) is 0 Å². The third kappa shape index (κ3) is 1.80. The molecule has 0 saturated heterocycles. The van der Waals surface area contributed by atoms with Gasteiger partial charge in [-0.1, -0.05) is 27.5 Å². The Morgan fingerprint density at radius 3 is 2.50 bits per heavy atom. The normalized spacial score (nSPS) is 13.1. The fourth-order valence-corrected chi connectivity index (χ4v) is 1.88. The summed E-state index contributed by atoms with van der Waals surface area (Å²) in [6.45, 7) is 3.69. The molecule has 1 aromatic rings. The molecule has 1 rings (SSSR count). The largest absolute Gasteiger partial charge is 0.207 e. The summed E-state index contributed by atoms with van der Waals surface area (Å²) in [5.74, 6) is -0.207. The summed E-state index contributed by atoms with van der Waals surface area (Å²) in [5, 5.41) is 0.609. The molecule has 3 heteroatoms. The number of benzene rings is 1. The van der Waals surface area contributed by atoms with Gasteiger partial charge in [-0.25, -0.2) is 4.39 Å². The van der Waals surface area contributed by atoms with E-state index in [4.69, 9.17) is 11.6 Å². The van der Waals surface area contributed by atoms with Crippen LogP contribution in [0.15, 0.2) is 12.1 Å². The van der Waals surface area contributed by atoms with E-state index in [1.807, 2.05) is 13.8 Å². The van der Waals surface area contributed by atoms with Crippen LogP contribution in [0, 0.1) is 12.7 Å². The molecule has 1 atom stereocenters. The van der Waals surface area contributed by atoms with Gasteiger partial charge in [0.05, 0.1) is 0 Å². The molecule has 0 radical (unpaired) electrons. The number of rotatable bonds is 1. The smallest absolute Gasteiger partial charge is 0.127 e. The molecule has 0 N–H and O–H groups in total. The predicted molar refractivity (Wildman–Crippen MR) is 53.5 cm³/mol. The van der Waals surface area contributed by atoms with E-state index in [2.05, 4.69) is 15.9 Å². The highest BCUT2D eigenvalue weighted by Crippen LogP contribution is 2.31. The predicted octanol–water partition coefficient (Wildman–Crippen LogP) is 4.24. The van der Waals surface area contributed by atoms with Crippen LogP contribution in [0.3, 0.4) is 0 Å². The van der Waals surface area contributed by atoms with E-state index < -0.39 is 0 Å². The zero-order valence-electron chi connectivity index (χ0n) is 6.87. The minimum absolute atomic E-state index is 0.00352. The fourth-order valence-electron chi connectivity index (χ4n) is 1.16. The first-order valence-corrected chi connectivity index (χ1v) is 4.92. The van der Waals surface area contributed by atoms with Crippen molar-refractivity contribution in [1.82, 2.24) is 0 Å². The minimum Gasteiger partial charge on any atom is -0.207 e. The van der Waals surface area contributed by atoms with E-state index in [-0.39, 0.29) is 10.6 Å². The van der Waals surface area contributed by atoms with E-state index in [0.29, 0.717) is 10.6 Å². The van der Waals surface area contributed by atoms with Crippen molar-refractivity contribution in [3.05, 3.63) is 34.1 Å². The molecule has 1 unspecified atom stereocenters. The van der Waals surface area contributed by atoms with Crippen LogP contribution in [-0.4, -0.2) is 0 Å². The third-order valence-corrected chi connectivity index (χ3v) is 2.66. The molecule has 0 bridgehead atoms. The second-order valence-corrected chi connectivity index (χ2v) is 4.46. The van der Waals surface area contributed by atoms with Crippen LogP contribution in [0.2, 0.25) is 5.02 Å². The van der Waals surface area contributed by atoms with Crippen LogP contribution in [0.25, 0.3) is 0 Å². The SMILES string of the molecule is Cc1c(Cl)ccc(F)c1C(C)Br. The molecular formula is C9H9BrClF. The lowest BCUT2D eigenvalue weighted by atomic mass is 10.1. The lowest BCUT2D eigenvalue weighted by molar-refractivity contribution is 0.610. The van der Waals surface area contributed by atoms with E-state index in [1.54, 1.807) is 6.07 Å². The summed E-state index contributed by atoms with van der Waals surface area (Å²) in [7, 11) is 0. The standard InChI is InChI=1S/C9H9BrClF/c1-5-7(11)3-4-8(12)9(5)6(2)10/h3-4,6H,1-2H3. The van der Waals surface area contributed by atoms with Crippen molar-refractivity contribution in [2.75, 3.05) is 0 Å². The van der Waals surface area contributed by atoms with Crippen molar-refractivity contribution >= 4 is 27.5 Å². The summed E-state index contributed by atoms with van der Waals surface area (Å²) in [6.07, 6.45) is 0. The lowest BCUT2D eigenvalue weighted by Gasteiger charge is -2.10. The van der Waals surface area contributed by atoms with Crippen molar-refractivity contribution in [2.45, 2.75) is 18.7 Å². The lowest BCUT2D eigenvalue weighted by Crippen LogP contribution is -1.95. The number of hydrogen-bond acceptors (Lipinski definition) is 0. The van der Waals surface area contributed by atoms with Gasteiger partial charge < -0.3 is 0 Å². The van der Waals surface area contributed by atoms with Gasteiger partial charge in [0.2, 0.25) is 0 Å². The van der Waals surface area contributed by atoms with Gasteiger partial charge in [0.1, 0.15) is 5.82 Å². The highest BCUT2D eigenvalue weighted by molar-refractivity contribution is 9.09. The Labute approximate surface area is 84.9 Å². The van der Waals surface area contributed by atoms with E-state index in [0.717, 1.165) is 5.56 Å². The molecule has 12 heavy (non-hydrogen) atoms. The van der Waals surface area contributed by atoms with Crippen LogP contribution < -0.4 is 0 Å². The molecule has 66 valence electrons. The summed E-state index contributed by atoms with van der Waals surface area (Å²) < 4.78 is 13.2. The molecule has 0 aliphatic heterocycles. The summed E-state index contributed by atoms with van der Waals surface area (Å²) >= 11 is 9.16. The van der Waals surface area contributed by atoms with Crippen LogP contribution in [0.1, 0.15) is 22.9 Å². The first-order chi connectivity index (χ1) is 5.54. The Morgan fingerprint density at radius 1 is 1.50 bits per heavy atom. The number of hydrogen-bond donors (Lipinski definition) is 0. The summed E-state index contributed by atoms with van der Waals surface area (Å²) in [6, 6.07) is 2.97. The van der Waals surface area contributed by atoms with Gasteiger partial charge in [-0.05, 0) is 31.5 Å². The van der Waals surface area contributed by atoms with Gasteiger partial charge in [-0.3, -0.25) is 0 Å². The topological polar surface area (TPSA) is 0 Å². The first-order valence-electron chi connectivity index (χ1n) is 3.62. The quantitative estimate of drug-likeness (QED) is 0.655. The van der Waals surface area contributed by atoms with Gasteiger partial charge in [-0.15, -0.1) is 0 Å². The molecule has 0 fully saturated rings. The van der Waals surface area contributed by atoms with Gasteiger partial charge in [0, 0.05) is 15.4 Å². The van der Waals surface area contributed by atoms with Crippen molar-refractivity contribution < 1.29 is 4.39 Å².